The van der Waals surface area contributed by atoms with Gasteiger partial charge in [-0.1, -0.05) is 54.1 Å². The summed E-state index contributed by atoms with van der Waals surface area (Å²) < 4.78 is 0. The predicted octanol–water partition coefficient (Wildman–Crippen LogP) is 4.55. The molecule has 114 valence electrons. The van der Waals surface area contributed by atoms with Gasteiger partial charge in [0.25, 0.3) is 0 Å². The van der Waals surface area contributed by atoms with E-state index in [1.807, 2.05) is 59.1 Å². The molecule has 4 heteroatoms. The summed E-state index contributed by atoms with van der Waals surface area (Å²) in [7, 11) is 0. The fourth-order valence-corrected chi connectivity index (χ4v) is 4.17. The van der Waals surface area contributed by atoms with Crippen LogP contribution in [0.3, 0.4) is 0 Å². The van der Waals surface area contributed by atoms with Gasteiger partial charge in [-0.25, -0.2) is 0 Å². The molecule has 0 bridgehead atoms. The molecular weight excluding hydrogens is 314 g/mol. The zero-order valence-electron chi connectivity index (χ0n) is 12.2. The molecule has 0 aliphatic carbocycles. The Morgan fingerprint density at radius 3 is 2.77 bits per heavy atom. The van der Waals surface area contributed by atoms with Crippen molar-refractivity contribution in [2.75, 3.05) is 12.3 Å². The normalized spacial score (nSPS) is 17.7. The molecule has 2 aromatic carbocycles. The van der Waals surface area contributed by atoms with E-state index in [0.29, 0.717) is 6.42 Å². The van der Waals surface area contributed by atoms with Gasteiger partial charge in [-0.3, -0.25) is 4.79 Å². The van der Waals surface area contributed by atoms with Gasteiger partial charge in [0.2, 0.25) is 5.91 Å². The Morgan fingerprint density at radius 1 is 1.18 bits per heavy atom. The summed E-state index contributed by atoms with van der Waals surface area (Å²) >= 11 is 7.89. The first-order valence-corrected chi connectivity index (χ1v) is 8.87. The van der Waals surface area contributed by atoms with Crippen molar-refractivity contribution >= 4 is 29.3 Å². The van der Waals surface area contributed by atoms with Gasteiger partial charge < -0.3 is 4.90 Å². The molecule has 0 unspecified atom stereocenters. The number of rotatable bonds is 4. The van der Waals surface area contributed by atoms with Crippen molar-refractivity contribution < 1.29 is 4.79 Å². The Labute approximate surface area is 140 Å². The molecule has 0 saturated carbocycles. The van der Waals surface area contributed by atoms with E-state index in [-0.39, 0.29) is 11.3 Å². The second-order valence-electron chi connectivity index (χ2n) is 5.35. The molecule has 1 heterocycles. The van der Waals surface area contributed by atoms with Crippen molar-refractivity contribution in [1.82, 2.24) is 4.90 Å². The first kappa shape index (κ1) is 15.4. The van der Waals surface area contributed by atoms with Gasteiger partial charge in [-0.15, -0.1) is 11.8 Å². The minimum atomic E-state index is 0.0990. The van der Waals surface area contributed by atoms with E-state index in [9.17, 15) is 4.79 Å². The number of nitrogens with zero attached hydrogens (tertiary/aromatic N) is 1. The van der Waals surface area contributed by atoms with Crippen LogP contribution in [0.2, 0.25) is 5.02 Å². The zero-order chi connectivity index (χ0) is 15.4. The second-order valence-corrected chi connectivity index (χ2v) is 6.98. The van der Waals surface area contributed by atoms with Crippen molar-refractivity contribution in [2.24, 2.45) is 0 Å². The maximum Gasteiger partial charge on any atom is 0.224 e. The number of hydrogen-bond donors (Lipinski definition) is 0. The summed E-state index contributed by atoms with van der Waals surface area (Å²) in [6.07, 6.45) is 1.35. The van der Waals surface area contributed by atoms with Gasteiger partial charge in [-0.2, -0.15) is 0 Å². The highest BCUT2D eigenvalue weighted by Crippen LogP contribution is 2.38. The minimum Gasteiger partial charge on any atom is -0.326 e. The molecule has 3 rings (SSSR count). The fraction of sp³-hybridized carbons (Fsp3) is 0.278. The SMILES string of the molecule is O=C(CCc1ccccc1)N1CCS[C@@H]1c1cccc(Cl)c1. The van der Waals surface area contributed by atoms with Crippen LogP contribution in [0.25, 0.3) is 0 Å². The molecule has 1 aliphatic heterocycles. The maximum atomic E-state index is 12.6. The van der Waals surface area contributed by atoms with E-state index < -0.39 is 0 Å². The second kappa shape index (κ2) is 7.21. The van der Waals surface area contributed by atoms with Gasteiger partial charge in [-0.05, 0) is 29.7 Å². The molecule has 1 atom stereocenters. The Balaban J connectivity index is 1.66. The zero-order valence-corrected chi connectivity index (χ0v) is 13.8. The van der Waals surface area contributed by atoms with E-state index in [4.69, 9.17) is 11.6 Å². The average molecular weight is 332 g/mol. The molecular formula is C18H18ClNOS. The molecule has 2 nitrogen and oxygen atoms in total. The number of carbonyl (C=O) groups excluding carboxylic acids is 1. The molecule has 1 saturated heterocycles. The Kier molecular flexibility index (Phi) is 5.06. The van der Waals surface area contributed by atoms with Crippen LogP contribution >= 0.6 is 23.4 Å². The minimum absolute atomic E-state index is 0.0990. The third-order valence-corrected chi connectivity index (χ3v) is 5.31. The third kappa shape index (κ3) is 3.65. The van der Waals surface area contributed by atoms with Crippen LogP contribution in [0.4, 0.5) is 0 Å². The summed E-state index contributed by atoms with van der Waals surface area (Å²) in [6.45, 7) is 0.815. The van der Waals surface area contributed by atoms with E-state index >= 15 is 0 Å². The summed E-state index contributed by atoms with van der Waals surface area (Å²) in [5, 5.41) is 0.823. The van der Waals surface area contributed by atoms with Crippen LogP contribution in [-0.2, 0) is 11.2 Å². The highest BCUT2D eigenvalue weighted by atomic mass is 35.5. The topological polar surface area (TPSA) is 20.3 Å². The van der Waals surface area contributed by atoms with E-state index in [1.165, 1.54) is 5.56 Å². The molecule has 1 aliphatic rings. The van der Waals surface area contributed by atoms with Gasteiger partial charge in [0.05, 0.1) is 0 Å². The number of halogens is 1. The largest absolute Gasteiger partial charge is 0.326 e. The lowest BCUT2D eigenvalue weighted by molar-refractivity contribution is -0.131. The highest BCUT2D eigenvalue weighted by Gasteiger charge is 2.30. The van der Waals surface area contributed by atoms with Gasteiger partial charge in [0.15, 0.2) is 0 Å². The van der Waals surface area contributed by atoms with Crippen molar-refractivity contribution in [1.29, 1.82) is 0 Å². The molecule has 0 spiro atoms. The summed E-state index contributed by atoms with van der Waals surface area (Å²) in [5.74, 6) is 1.20. The van der Waals surface area contributed by atoms with E-state index in [2.05, 4.69) is 12.1 Å². The number of amides is 1. The molecule has 0 N–H and O–H groups in total. The number of thioether (sulfide) groups is 1. The van der Waals surface area contributed by atoms with Crippen LogP contribution in [0.15, 0.2) is 54.6 Å². The van der Waals surface area contributed by atoms with Gasteiger partial charge in [0.1, 0.15) is 5.37 Å². The van der Waals surface area contributed by atoms with Gasteiger partial charge in [0, 0.05) is 23.7 Å². The molecule has 0 radical (unpaired) electrons. The predicted molar refractivity (Wildman–Crippen MR) is 93.1 cm³/mol. The Morgan fingerprint density at radius 2 is 2.00 bits per heavy atom. The van der Waals surface area contributed by atoms with Gasteiger partial charge >= 0.3 is 0 Å². The quantitative estimate of drug-likeness (QED) is 0.819. The first-order chi connectivity index (χ1) is 10.7. The van der Waals surface area contributed by atoms with Crippen LogP contribution < -0.4 is 0 Å². The lowest BCUT2D eigenvalue weighted by Gasteiger charge is -2.24. The van der Waals surface area contributed by atoms with Crippen LogP contribution in [0.1, 0.15) is 22.9 Å². The van der Waals surface area contributed by atoms with E-state index in [1.54, 1.807) is 0 Å². The first-order valence-electron chi connectivity index (χ1n) is 7.44. The number of benzene rings is 2. The standard InChI is InChI=1S/C18H18ClNOS/c19-16-8-4-7-15(13-16)18-20(11-12-22-18)17(21)10-9-14-5-2-1-3-6-14/h1-8,13,18H,9-12H2/t18-/m1/s1. The van der Waals surface area contributed by atoms with Crippen molar-refractivity contribution in [3.8, 4) is 0 Å². The third-order valence-electron chi connectivity index (χ3n) is 3.82. The average Bonchev–Trinajstić information content (AvgIpc) is 3.03. The van der Waals surface area contributed by atoms with Crippen LogP contribution in [-0.4, -0.2) is 23.1 Å². The summed E-state index contributed by atoms with van der Waals surface area (Å²) in [6, 6.07) is 18.0. The molecule has 22 heavy (non-hydrogen) atoms. The lowest BCUT2D eigenvalue weighted by Crippen LogP contribution is -2.30. The highest BCUT2D eigenvalue weighted by molar-refractivity contribution is 7.99. The maximum absolute atomic E-state index is 12.6. The van der Waals surface area contributed by atoms with Crippen LogP contribution in [0, 0.1) is 0 Å². The van der Waals surface area contributed by atoms with E-state index in [0.717, 1.165) is 29.3 Å². The molecule has 2 aromatic rings. The molecule has 1 fully saturated rings. The van der Waals surface area contributed by atoms with Crippen LogP contribution in [0.5, 0.6) is 0 Å². The number of aryl methyl sites for hydroxylation is 1. The lowest BCUT2D eigenvalue weighted by atomic mass is 10.1. The molecule has 0 aromatic heterocycles. The summed E-state index contributed by atoms with van der Waals surface area (Å²) in [4.78, 5) is 14.6. The molecule has 1 amide bonds. The van der Waals surface area contributed by atoms with Crippen molar-refractivity contribution in [3.05, 3.63) is 70.7 Å². The summed E-state index contributed by atoms with van der Waals surface area (Å²) in [5.41, 5.74) is 2.32. The number of carbonyl (C=O) groups is 1. The van der Waals surface area contributed by atoms with Crippen molar-refractivity contribution in [3.63, 3.8) is 0 Å². The fourth-order valence-electron chi connectivity index (χ4n) is 2.70. The Hall–Kier alpha value is -1.45. The Bertz CT molecular complexity index is 647. The smallest absolute Gasteiger partial charge is 0.224 e. The van der Waals surface area contributed by atoms with Crippen molar-refractivity contribution in [2.45, 2.75) is 18.2 Å². The monoisotopic (exact) mass is 331 g/mol. The number of hydrogen-bond acceptors (Lipinski definition) is 2.